The zero-order valence-electron chi connectivity index (χ0n) is 14.4. The molecule has 7 aromatic rings. The van der Waals surface area contributed by atoms with E-state index in [1.807, 2.05) is 34.8 Å². The summed E-state index contributed by atoms with van der Waals surface area (Å²) >= 11 is 6.71. The number of rotatable bonds is 2. The molecule has 0 saturated carbocycles. The predicted molar refractivity (Wildman–Crippen MR) is 127 cm³/mol. The molecule has 29 heavy (non-hydrogen) atoms. The van der Waals surface area contributed by atoms with E-state index in [0.29, 0.717) is 14.5 Å². The Balaban J connectivity index is 1.43. The number of benzene rings is 2. The van der Waals surface area contributed by atoms with Crippen molar-refractivity contribution >= 4 is 101 Å². The van der Waals surface area contributed by atoms with Gasteiger partial charge in [-0.2, -0.15) is 0 Å². The third kappa shape index (κ3) is 2.46. The summed E-state index contributed by atoms with van der Waals surface area (Å²) in [4.78, 5) is 2.58. The zero-order chi connectivity index (χ0) is 18.9. The molecule has 0 aliphatic carbocycles. The summed E-state index contributed by atoms with van der Waals surface area (Å²) in [7, 11) is 0. The van der Waals surface area contributed by atoms with E-state index in [9.17, 15) is 0 Å². The first-order valence-corrected chi connectivity index (χ1v) is 13.5. The fourth-order valence-electron chi connectivity index (χ4n) is 3.62. The molecule has 5 heterocycles. The topological polar surface area (TPSA) is 51.6 Å². The van der Waals surface area contributed by atoms with E-state index in [1.54, 1.807) is 0 Å². The van der Waals surface area contributed by atoms with Gasteiger partial charge in [0.15, 0.2) is 0 Å². The van der Waals surface area contributed by atoms with E-state index in [4.69, 9.17) is 0 Å². The Kier molecular flexibility index (Phi) is 3.61. The Bertz CT molecular complexity index is 1560. The van der Waals surface area contributed by atoms with E-state index in [1.165, 1.54) is 62.3 Å². The second kappa shape index (κ2) is 6.25. The second-order valence-electron chi connectivity index (χ2n) is 6.59. The molecule has 0 bridgehead atoms. The quantitative estimate of drug-likeness (QED) is 0.248. The Hall–Kier alpha value is -2.00. The van der Waals surface area contributed by atoms with E-state index >= 15 is 0 Å². The molecule has 0 N–H and O–H groups in total. The monoisotopic (exact) mass is 512 g/mol. The average molecular weight is 512 g/mol. The Morgan fingerprint density at radius 3 is 2.03 bits per heavy atom. The Morgan fingerprint density at radius 1 is 0.690 bits per heavy atom. The van der Waals surface area contributed by atoms with Crippen molar-refractivity contribution in [2.75, 3.05) is 0 Å². The maximum atomic E-state index is 4.52. The number of nitrogens with zero attached hydrogens (tertiary/aromatic N) is 4. The molecule has 9 heteroatoms. The minimum absolute atomic E-state index is 0.352. The van der Waals surface area contributed by atoms with Crippen LogP contribution in [0.3, 0.4) is 0 Å². The van der Waals surface area contributed by atoms with Gasteiger partial charge in [0.2, 0.25) is 0 Å². The van der Waals surface area contributed by atoms with Crippen LogP contribution in [0.25, 0.3) is 60.9 Å². The fourth-order valence-corrected chi connectivity index (χ4v) is 10.7. The van der Waals surface area contributed by atoms with Gasteiger partial charge in [-0.05, 0) is 0 Å². The van der Waals surface area contributed by atoms with Gasteiger partial charge in [0.05, 0.1) is 0 Å². The zero-order valence-corrected chi connectivity index (χ0v) is 19.4. The molecule has 0 atom stereocenters. The molecule has 138 valence electrons. The van der Waals surface area contributed by atoms with Crippen molar-refractivity contribution < 1.29 is 0 Å². The van der Waals surface area contributed by atoms with Crippen LogP contribution in [0.5, 0.6) is 0 Å². The molecule has 0 spiro atoms. The van der Waals surface area contributed by atoms with Crippen molar-refractivity contribution in [3.8, 4) is 20.9 Å². The predicted octanol–water partition coefficient (Wildman–Crippen LogP) is 6.52. The third-order valence-electron chi connectivity index (χ3n) is 4.95. The number of fused-ring (bicyclic) bond motifs is 5. The van der Waals surface area contributed by atoms with Crippen molar-refractivity contribution in [3.05, 3.63) is 48.5 Å². The van der Waals surface area contributed by atoms with Crippen molar-refractivity contribution in [2.24, 2.45) is 0 Å². The van der Waals surface area contributed by atoms with Crippen LogP contribution in [0.15, 0.2) is 48.5 Å². The standard InChI is InChI=1S/C20H8N4S4Se/c1-3-9(17-12(5-1)21-27-23-17)14-7-11-19-16(29-20(11)26-14)8-15(25-19)10-4-2-6-13-18(10)24-28-22-13/h1-8H. The molecule has 4 nitrogen and oxygen atoms in total. The van der Waals surface area contributed by atoms with Crippen molar-refractivity contribution in [1.29, 1.82) is 0 Å². The van der Waals surface area contributed by atoms with E-state index in [-0.39, 0.29) is 0 Å². The van der Waals surface area contributed by atoms with E-state index in [0.717, 1.165) is 22.1 Å². The van der Waals surface area contributed by atoms with Crippen LogP contribution >= 0.6 is 46.1 Å². The van der Waals surface area contributed by atoms with Crippen molar-refractivity contribution in [2.45, 2.75) is 0 Å². The third-order valence-corrected chi connectivity index (χ3v) is 11.4. The van der Waals surface area contributed by atoms with Crippen molar-refractivity contribution in [3.63, 3.8) is 0 Å². The number of aromatic nitrogens is 4. The molecule has 0 saturated heterocycles. The summed E-state index contributed by atoms with van der Waals surface area (Å²) in [6, 6.07) is 17.3. The van der Waals surface area contributed by atoms with E-state index < -0.39 is 0 Å². The molecule has 5 aromatic heterocycles. The van der Waals surface area contributed by atoms with Gasteiger partial charge in [-0.1, -0.05) is 0 Å². The first kappa shape index (κ1) is 16.8. The molecular weight excluding hydrogens is 503 g/mol. The van der Waals surface area contributed by atoms with Crippen molar-refractivity contribution in [1.82, 2.24) is 17.5 Å². The molecule has 2 aromatic carbocycles. The molecule has 0 aliphatic rings. The van der Waals surface area contributed by atoms with Gasteiger partial charge in [0.25, 0.3) is 0 Å². The van der Waals surface area contributed by atoms with Crippen LogP contribution in [0.1, 0.15) is 0 Å². The molecular formula is C20H8N4S4Se. The first-order valence-electron chi connectivity index (χ1n) is 8.74. The SMILES string of the molecule is c1cc(-c2cc3c(s2)[se]c2cc(-c4cccc5nsnc45)sc23)c2nsnc2c1. The minimum atomic E-state index is 0.352. The van der Waals surface area contributed by atoms with E-state index in [2.05, 4.69) is 53.9 Å². The van der Waals surface area contributed by atoms with Gasteiger partial charge in [0, 0.05) is 0 Å². The summed E-state index contributed by atoms with van der Waals surface area (Å²) in [5, 5.41) is 1.40. The van der Waals surface area contributed by atoms with Crippen LogP contribution in [0.4, 0.5) is 0 Å². The molecule has 0 unspecified atom stereocenters. The van der Waals surface area contributed by atoms with Crippen LogP contribution in [0, 0.1) is 0 Å². The summed E-state index contributed by atoms with van der Waals surface area (Å²) in [6.45, 7) is 0. The van der Waals surface area contributed by atoms with Gasteiger partial charge in [-0.25, -0.2) is 0 Å². The molecule has 0 amide bonds. The van der Waals surface area contributed by atoms with Crippen LogP contribution in [0.2, 0.25) is 0 Å². The summed E-state index contributed by atoms with van der Waals surface area (Å²) < 4.78 is 22.2. The van der Waals surface area contributed by atoms with Gasteiger partial charge in [0.1, 0.15) is 0 Å². The Morgan fingerprint density at radius 2 is 1.34 bits per heavy atom. The average Bonchev–Trinajstić information content (AvgIpc) is 3.52. The number of hydrogen-bond acceptors (Lipinski definition) is 8. The van der Waals surface area contributed by atoms with Crippen LogP contribution < -0.4 is 0 Å². The van der Waals surface area contributed by atoms with Crippen LogP contribution in [-0.2, 0) is 0 Å². The molecule has 0 radical (unpaired) electrons. The van der Waals surface area contributed by atoms with Gasteiger partial charge in [-0.3, -0.25) is 0 Å². The number of hydrogen-bond donors (Lipinski definition) is 0. The van der Waals surface area contributed by atoms with Crippen LogP contribution in [-0.4, -0.2) is 32.0 Å². The maximum absolute atomic E-state index is 4.52. The molecule has 0 aliphatic heterocycles. The van der Waals surface area contributed by atoms with Gasteiger partial charge in [-0.15, -0.1) is 0 Å². The van der Waals surface area contributed by atoms with Gasteiger partial charge >= 0.3 is 188 Å². The Labute approximate surface area is 186 Å². The molecule has 7 rings (SSSR count). The summed E-state index contributed by atoms with van der Waals surface area (Å²) in [5.41, 5.74) is 6.38. The summed E-state index contributed by atoms with van der Waals surface area (Å²) in [6.07, 6.45) is 0. The second-order valence-corrected chi connectivity index (χ2v) is 12.5. The molecule has 0 fully saturated rings. The summed E-state index contributed by atoms with van der Waals surface area (Å²) in [5.74, 6) is 0. The number of thiophene rings is 2. The fraction of sp³-hybridized carbons (Fsp3) is 0. The normalized spacial score (nSPS) is 12.1. The first-order chi connectivity index (χ1) is 14.3. The van der Waals surface area contributed by atoms with Gasteiger partial charge < -0.3 is 0 Å².